The number of ether oxygens (including phenoxy) is 1. The lowest BCUT2D eigenvalue weighted by molar-refractivity contribution is 0.167. The molecule has 3 rings (SSSR count). The fourth-order valence-corrected chi connectivity index (χ4v) is 2.88. The van der Waals surface area contributed by atoms with E-state index in [1.807, 2.05) is 12.1 Å². The molecule has 2 heterocycles. The summed E-state index contributed by atoms with van der Waals surface area (Å²) in [5.41, 5.74) is 0.619. The summed E-state index contributed by atoms with van der Waals surface area (Å²) in [4.78, 5) is 13.7. The topological polar surface area (TPSA) is 41.6 Å². The minimum atomic E-state index is -0.263. The van der Waals surface area contributed by atoms with Crippen molar-refractivity contribution in [1.29, 1.82) is 0 Å². The van der Waals surface area contributed by atoms with Gasteiger partial charge in [-0.25, -0.2) is 4.79 Å². The fourth-order valence-electron chi connectivity index (χ4n) is 2.75. The third-order valence-electron chi connectivity index (χ3n) is 3.66. The molecule has 96 valence electrons. The molecule has 4 nitrogen and oxygen atoms in total. The Morgan fingerprint density at radius 2 is 2.11 bits per heavy atom. The maximum atomic E-state index is 12.0. The van der Waals surface area contributed by atoms with Gasteiger partial charge in [-0.15, -0.1) is 0 Å². The maximum absolute atomic E-state index is 12.0. The lowest BCUT2D eigenvalue weighted by Gasteiger charge is -2.38. The monoisotopic (exact) mass is 266 g/mol. The van der Waals surface area contributed by atoms with Crippen LogP contribution in [-0.4, -0.2) is 31.3 Å². The average Bonchev–Trinajstić information content (AvgIpc) is 2.69. The van der Waals surface area contributed by atoms with E-state index in [0.29, 0.717) is 11.6 Å². The van der Waals surface area contributed by atoms with E-state index in [1.54, 1.807) is 17.0 Å². The molecule has 1 spiro atoms. The molecule has 1 amide bonds. The van der Waals surface area contributed by atoms with Gasteiger partial charge in [0, 0.05) is 17.3 Å². The largest absolute Gasteiger partial charge is 0.447 e. The number of carbonyl (C=O) groups excluding carboxylic acids is 1. The number of benzene rings is 1. The average molecular weight is 267 g/mol. The van der Waals surface area contributed by atoms with Crippen LogP contribution in [0.15, 0.2) is 24.3 Å². The molecular formula is C13H15ClN2O2. The molecule has 2 aliphatic heterocycles. The highest BCUT2D eigenvalue weighted by atomic mass is 35.5. The number of anilines is 1. The van der Waals surface area contributed by atoms with Crippen molar-refractivity contribution < 1.29 is 9.53 Å². The fraction of sp³-hybridized carbons (Fsp3) is 0.462. The van der Waals surface area contributed by atoms with Crippen LogP contribution in [-0.2, 0) is 4.74 Å². The molecule has 0 radical (unpaired) electrons. The normalized spacial score (nSPS) is 27.6. The summed E-state index contributed by atoms with van der Waals surface area (Å²) in [5.74, 6) is 0. The minimum Gasteiger partial charge on any atom is -0.447 e. The van der Waals surface area contributed by atoms with E-state index in [0.717, 1.165) is 31.6 Å². The molecule has 1 atom stereocenters. The highest BCUT2D eigenvalue weighted by molar-refractivity contribution is 6.30. The Hall–Kier alpha value is -1.26. The third-order valence-corrected chi connectivity index (χ3v) is 3.91. The lowest BCUT2D eigenvalue weighted by atomic mass is 9.89. The van der Waals surface area contributed by atoms with E-state index < -0.39 is 0 Å². The van der Waals surface area contributed by atoms with Gasteiger partial charge in [-0.1, -0.05) is 11.6 Å². The first-order chi connectivity index (χ1) is 8.71. The second-order valence-corrected chi connectivity index (χ2v) is 5.31. The summed E-state index contributed by atoms with van der Waals surface area (Å²) in [5, 5.41) is 4.02. The van der Waals surface area contributed by atoms with Gasteiger partial charge in [0.15, 0.2) is 0 Å². The minimum absolute atomic E-state index is 0.233. The molecule has 1 unspecified atom stereocenters. The highest BCUT2D eigenvalue weighted by Gasteiger charge is 2.48. The molecule has 2 fully saturated rings. The van der Waals surface area contributed by atoms with E-state index in [9.17, 15) is 4.79 Å². The Bertz CT molecular complexity index is 455. The second-order valence-electron chi connectivity index (χ2n) is 4.87. The lowest BCUT2D eigenvalue weighted by Crippen LogP contribution is -2.57. The molecule has 0 saturated carbocycles. The van der Waals surface area contributed by atoms with Crippen molar-refractivity contribution in [3.63, 3.8) is 0 Å². The van der Waals surface area contributed by atoms with Crippen molar-refractivity contribution >= 4 is 23.4 Å². The van der Waals surface area contributed by atoms with E-state index in [-0.39, 0.29) is 11.6 Å². The number of rotatable bonds is 1. The van der Waals surface area contributed by atoms with Crippen LogP contribution < -0.4 is 10.2 Å². The molecular weight excluding hydrogens is 252 g/mol. The molecule has 1 aromatic carbocycles. The smallest absolute Gasteiger partial charge is 0.415 e. The van der Waals surface area contributed by atoms with Gasteiger partial charge in [-0.2, -0.15) is 0 Å². The van der Waals surface area contributed by atoms with Gasteiger partial charge in [0.1, 0.15) is 6.61 Å². The second kappa shape index (κ2) is 4.44. The Morgan fingerprint density at radius 3 is 2.78 bits per heavy atom. The van der Waals surface area contributed by atoms with Gasteiger partial charge >= 0.3 is 6.09 Å². The molecule has 0 aromatic heterocycles. The summed E-state index contributed by atoms with van der Waals surface area (Å²) < 4.78 is 5.26. The van der Waals surface area contributed by atoms with Crippen molar-refractivity contribution in [3.8, 4) is 0 Å². The zero-order chi connectivity index (χ0) is 12.6. The molecule has 5 heteroatoms. The number of carbonyl (C=O) groups is 1. The zero-order valence-corrected chi connectivity index (χ0v) is 10.7. The van der Waals surface area contributed by atoms with Gasteiger partial charge < -0.3 is 10.1 Å². The van der Waals surface area contributed by atoms with Crippen LogP contribution in [0.1, 0.15) is 12.8 Å². The van der Waals surface area contributed by atoms with Crippen LogP contribution in [0, 0.1) is 0 Å². The number of nitrogens with zero attached hydrogens (tertiary/aromatic N) is 1. The van der Waals surface area contributed by atoms with E-state index in [1.165, 1.54) is 0 Å². The zero-order valence-electron chi connectivity index (χ0n) is 9.99. The van der Waals surface area contributed by atoms with Gasteiger partial charge in [-0.05, 0) is 43.7 Å². The van der Waals surface area contributed by atoms with Crippen LogP contribution in [0.3, 0.4) is 0 Å². The molecule has 1 N–H and O–H groups in total. The first-order valence-corrected chi connectivity index (χ1v) is 6.52. The van der Waals surface area contributed by atoms with E-state index in [4.69, 9.17) is 16.3 Å². The number of halogens is 1. The van der Waals surface area contributed by atoms with Crippen LogP contribution in [0.4, 0.5) is 10.5 Å². The standard InChI is InChI=1S/C13H15ClN2O2/c14-10-2-4-11(5-3-10)16-12(17)18-9-13(16)6-1-7-15-8-13/h2-5,15H,1,6-9H2. The van der Waals surface area contributed by atoms with E-state index >= 15 is 0 Å². The molecule has 18 heavy (non-hydrogen) atoms. The van der Waals surface area contributed by atoms with Crippen LogP contribution in [0.2, 0.25) is 5.02 Å². The maximum Gasteiger partial charge on any atom is 0.415 e. The number of hydrogen-bond acceptors (Lipinski definition) is 3. The Kier molecular flexibility index (Phi) is 2.92. The van der Waals surface area contributed by atoms with Crippen LogP contribution in [0.25, 0.3) is 0 Å². The predicted octanol–water partition coefficient (Wildman–Crippen LogP) is 2.42. The molecule has 0 aliphatic carbocycles. The van der Waals surface area contributed by atoms with Gasteiger partial charge in [-0.3, -0.25) is 4.90 Å². The number of amides is 1. The third kappa shape index (κ3) is 1.85. The summed E-state index contributed by atoms with van der Waals surface area (Å²) in [6, 6.07) is 7.33. The number of cyclic esters (lactones) is 1. The first kappa shape index (κ1) is 11.8. The van der Waals surface area contributed by atoms with Crippen molar-refractivity contribution in [3.05, 3.63) is 29.3 Å². The van der Waals surface area contributed by atoms with Crippen LogP contribution >= 0.6 is 11.6 Å². The number of hydrogen-bond donors (Lipinski definition) is 1. The molecule has 2 aliphatic rings. The number of nitrogens with one attached hydrogen (secondary N) is 1. The van der Waals surface area contributed by atoms with Crippen molar-refractivity contribution in [2.24, 2.45) is 0 Å². The summed E-state index contributed by atoms with van der Waals surface area (Å²) in [7, 11) is 0. The van der Waals surface area contributed by atoms with Crippen molar-refractivity contribution in [2.75, 3.05) is 24.6 Å². The summed E-state index contributed by atoms with van der Waals surface area (Å²) in [6.45, 7) is 2.24. The summed E-state index contributed by atoms with van der Waals surface area (Å²) >= 11 is 5.88. The SMILES string of the molecule is O=C1OCC2(CCCNC2)N1c1ccc(Cl)cc1. The van der Waals surface area contributed by atoms with E-state index in [2.05, 4.69) is 5.32 Å². The first-order valence-electron chi connectivity index (χ1n) is 6.15. The van der Waals surface area contributed by atoms with Crippen molar-refractivity contribution in [1.82, 2.24) is 5.32 Å². The van der Waals surface area contributed by atoms with Gasteiger partial charge in [0.05, 0.1) is 5.54 Å². The Labute approximate surface area is 111 Å². The quantitative estimate of drug-likeness (QED) is 0.849. The van der Waals surface area contributed by atoms with Gasteiger partial charge in [0.2, 0.25) is 0 Å². The predicted molar refractivity (Wildman–Crippen MR) is 70.1 cm³/mol. The van der Waals surface area contributed by atoms with Crippen molar-refractivity contribution in [2.45, 2.75) is 18.4 Å². The highest BCUT2D eigenvalue weighted by Crippen LogP contribution is 2.35. The molecule has 1 aromatic rings. The summed E-state index contributed by atoms with van der Waals surface area (Å²) in [6.07, 6.45) is 1.76. The van der Waals surface area contributed by atoms with Crippen LogP contribution in [0.5, 0.6) is 0 Å². The number of piperidine rings is 1. The molecule has 2 saturated heterocycles. The van der Waals surface area contributed by atoms with Gasteiger partial charge in [0.25, 0.3) is 0 Å². The Balaban J connectivity index is 1.96. The Morgan fingerprint density at radius 1 is 1.33 bits per heavy atom. The molecule has 0 bridgehead atoms.